The Bertz CT molecular complexity index is 636. The van der Waals surface area contributed by atoms with E-state index in [1.54, 1.807) is 6.92 Å². The van der Waals surface area contributed by atoms with E-state index in [4.69, 9.17) is 15.0 Å². The van der Waals surface area contributed by atoms with E-state index in [0.29, 0.717) is 24.7 Å². The van der Waals surface area contributed by atoms with Crippen molar-refractivity contribution in [2.45, 2.75) is 26.3 Å². The van der Waals surface area contributed by atoms with Crippen LogP contribution in [0.25, 0.3) is 0 Å². The molecule has 0 radical (unpaired) electrons. The molecule has 0 aliphatic carbocycles. The second kappa shape index (κ2) is 9.11. The van der Waals surface area contributed by atoms with Gasteiger partial charge in [-0.05, 0) is 13.8 Å². The highest BCUT2D eigenvalue weighted by Crippen LogP contribution is 2.20. The molecule has 0 unspecified atom stereocenters. The van der Waals surface area contributed by atoms with Crippen LogP contribution in [0.1, 0.15) is 31.1 Å². The van der Waals surface area contributed by atoms with Gasteiger partial charge in [-0.1, -0.05) is 5.16 Å². The minimum absolute atomic E-state index is 0.0404. The van der Waals surface area contributed by atoms with Crippen molar-refractivity contribution in [1.29, 1.82) is 10.5 Å². The standard InChI is InChI=1S/C16H23N7O2/c1-13(16-19-14(2)20-25-16)22-11-9-21(10-12-22)6-3-15(24)23(7-4-17)8-5-18/h13H,3,6-12H2,1-2H3/t13-/m1/s1. The number of aryl methyl sites for hydroxylation is 1. The van der Waals surface area contributed by atoms with Crippen LogP contribution in [0.5, 0.6) is 0 Å². The van der Waals surface area contributed by atoms with Crippen LogP contribution in [0.4, 0.5) is 0 Å². The third-order valence-corrected chi connectivity index (χ3v) is 4.37. The van der Waals surface area contributed by atoms with Gasteiger partial charge in [0.2, 0.25) is 11.8 Å². The van der Waals surface area contributed by atoms with Gasteiger partial charge in [-0.2, -0.15) is 15.5 Å². The lowest BCUT2D eigenvalue weighted by molar-refractivity contribution is -0.130. The van der Waals surface area contributed by atoms with Gasteiger partial charge in [-0.25, -0.2) is 0 Å². The Kier molecular flexibility index (Phi) is 6.87. The van der Waals surface area contributed by atoms with Gasteiger partial charge in [0, 0.05) is 39.1 Å². The smallest absolute Gasteiger partial charge is 0.243 e. The summed E-state index contributed by atoms with van der Waals surface area (Å²) in [6.45, 7) is 7.82. The Balaban J connectivity index is 1.76. The maximum absolute atomic E-state index is 12.1. The summed E-state index contributed by atoms with van der Waals surface area (Å²) in [5, 5.41) is 21.3. The summed E-state index contributed by atoms with van der Waals surface area (Å²) in [5.41, 5.74) is 0. The third kappa shape index (κ3) is 5.24. The molecule has 1 aromatic heterocycles. The average Bonchev–Trinajstić information content (AvgIpc) is 3.05. The molecule has 9 nitrogen and oxygen atoms in total. The second-order valence-corrected chi connectivity index (χ2v) is 6.05. The van der Waals surface area contributed by atoms with Crippen molar-refractivity contribution in [3.05, 3.63) is 11.7 Å². The fraction of sp³-hybridized carbons (Fsp3) is 0.688. The number of carbonyl (C=O) groups excluding carboxylic acids is 1. The Hall–Kier alpha value is -2.49. The molecule has 0 N–H and O–H groups in total. The lowest BCUT2D eigenvalue weighted by Gasteiger charge is -2.36. The third-order valence-electron chi connectivity index (χ3n) is 4.37. The molecule has 1 aliphatic heterocycles. The van der Waals surface area contributed by atoms with Crippen LogP contribution in [0.2, 0.25) is 0 Å². The predicted octanol–water partition coefficient (Wildman–Crippen LogP) is 0.322. The molecule has 1 amide bonds. The van der Waals surface area contributed by atoms with Gasteiger partial charge in [0.1, 0.15) is 13.1 Å². The first kappa shape index (κ1) is 18.8. The number of nitriles is 2. The van der Waals surface area contributed by atoms with Crippen LogP contribution >= 0.6 is 0 Å². The maximum Gasteiger partial charge on any atom is 0.243 e. The Morgan fingerprint density at radius 1 is 1.28 bits per heavy atom. The first-order chi connectivity index (χ1) is 12.0. The second-order valence-electron chi connectivity index (χ2n) is 6.05. The van der Waals surface area contributed by atoms with E-state index < -0.39 is 0 Å². The summed E-state index contributed by atoms with van der Waals surface area (Å²) >= 11 is 0. The number of amides is 1. The molecule has 0 saturated carbocycles. The number of hydrogen-bond acceptors (Lipinski definition) is 8. The normalized spacial score (nSPS) is 16.8. The van der Waals surface area contributed by atoms with Crippen molar-refractivity contribution in [2.75, 3.05) is 45.8 Å². The van der Waals surface area contributed by atoms with Crippen LogP contribution in [0.3, 0.4) is 0 Å². The van der Waals surface area contributed by atoms with E-state index in [1.165, 1.54) is 4.90 Å². The largest absolute Gasteiger partial charge is 0.338 e. The quantitative estimate of drug-likeness (QED) is 0.649. The lowest BCUT2D eigenvalue weighted by atomic mass is 10.2. The molecule has 1 atom stereocenters. The summed E-state index contributed by atoms with van der Waals surface area (Å²) in [6, 6.07) is 3.92. The summed E-state index contributed by atoms with van der Waals surface area (Å²) in [6.07, 6.45) is 0.321. The molecule has 2 rings (SSSR count). The molecule has 25 heavy (non-hydrogen) atoms. The van der Waals surface area contributed by atoms with Crippen LogP contribution < -0.4 is 0 Å². The fourth-order valence-corrected chi connectivity index (χ4v) is 2.83. The number of rotatable bonds is 7. The van der Waals surface area contributed by atoms with E-state index in [-0.39, 0.29) is 25.0 Å². The number of hydrogen-bond donors (Lipinski definition) is 0. The van der Waals surface area contributed by atoms with E-state index in [0.717, 1.165) is 26.2 Å². The van der Waals surface area contributed by atoms with E-state index >= 15 is 0 Å². The molecule has 0 aromatic carbocycles. The highest BCUT2D eigenvalue weighted by atomic mass is 16.5. The summed E-state index contributed by atoms with van der Waals surface area (Å²) < 4.78 is 5.24. The average molecular weight is 345 g/mol. The number of piperazine rings is 1. The minimum atomic E-state index is -0.153. The predicted molar refractivity (Wildman–Crippen MR) is 87.9 cm³/mol. The Morgan fingerprint density at radius 2 is 1.92 bits per heavy atom. The fourth-order valence-electron chi connectivity index (χ4n) is 2.83. The zero-order valence-corrected chi connectivity index (χ0v) is 14.7. The highest BCUT2D eigenvalue weighted by molar-refractivity contribution is 5.76. The molecule has 1 fully saturated rings. The van der Waals surface area contributed by atoms with Crippen LogP contribution in [0, 0.1) is 29.6 Å². The van der Waals surface area contributed by atoms with E-state index in [2.05, 4.69) is 19.9 Å². The van der Waals surface area contributed by atoms with Crippen molar-refractivity contribution in [3.63, 3.8) is 0 Å². The molecular formula is C16H23N7O2. The highest BCUT2D eigenvalue weighted by Gasteiger charge is 2.25. The first-order valence-electron chi connectivity index (χ1n) is 8.33. The molecule has 0 spiro atoms. The van der Waals surface area contributed by atoms with Gasteiger partial charge >= 0.3 is 0 Å². The van der Waals surface area contributed by atoms with Gasteiger partial charge in [0.15, 0.2) is 5.82 Å². The van der Waals surface area contributed by atoms with E-state index in [1.807, 2.05) is 19.1 Å². The number of nitrogens with zero attached hydrogens (tertiary/aromatic N) is 7. The van der Waals surface area contributed by atoms with Crippen molar-refractivity contribution in [2.24, 2.45) is 0 Å². The maximum atomic E-state index is 12.1. The van der Waals surface area contributed by atoms with Crippen LogP contribution in [-0.2, 0) is 4.79 Å². The zero-order chi connectivity index (χ0) is 18.2. The summed E-state index contributed by atoms with van der Waals surface area (Å²) in [5.74, 6) is 1.11. The molecule has 0 bridgehead atoms. The molecule has 1 aliphatic rings. The molecule has 1 aromatic rings. The molecular weight excluding hydrogens is 322 g/mol. The summed E-state index contributed by atoms with van der Waals surface area (Å²) in [4.78, 5) is 22.2. The van der Waals surface area contributed by atoms with Gasteiger partial charge in [-0.3, -0.25) is 9.69 Å². The summed E-state index contributed by atoms with van der Waals surface area (Å²) in [7, 11) is 0. The zero-order valence-electron chi connectivity index (χ0n) is 14.7. The van der Waals surface area contributed by atoms with Crippen LogP contribution in [-0.4, -0.2) is 76.6 Å². The number of carbonyl (C=O) groups is 1. The van der Waals surface area contributed by atoms with Crippen molar-refractivity contribution >= 4 is 5.91 Å². The van der Waals surface area contributed by atoms with Crippen molar-refractivity contribution < 1.29 is 9.32 Å². The SMILES string of the molecule is Cc1noc([C@@H](C)N2CCN(CCC(=O)N(CC#N)CC#N)CC2)n1. The first-order valence-corrected chi connectivity index (χ1v) is 8.33. The molecule has 1 saturated heterocycles. The van der Waals surface area contributed by atoms with Crippen LogP contribution in [0.15, 0.2) is 4.52 Å². The van der Waals surface area contributed by atoms with Gasteiger partial charge < -0.3 is 14.3 Å². The van der Waals surface area contributed by atoms with Gasteiger partial charge in [0.05, 0.1) is 18.2 Å². The molecule has 2 heterocycles. The minimum Gasteiger partial charge on any atom is -0.338 e. The lowest BCUT2D eigenvalue weighted by Crippen LogP contribution is -2.48. The van der Waals surface area contributed by atoms with Crippen molar-refractivity contribution in [1.82, 2.24) is 24.8 Å². The number of aromatic nitrogens is 2. The topological polar surface area (TPSA) is 113 Å². The Morgan fingerprint density at radius 3 is 2.44 bits per heavy atom. The van der Waals surface area contributed by atoms with E-state index in [9.17, 15) is 4.79 Å². The van der Waals surface area contributed by atoms with Crippen molar-refractivity contribution in [3.8, 4) is 12.1 Å². The van der Waals surface area contributed by atoms with Gasteiger partial charge in [-0.15, -0.1) is 0 Å². The monoisotopic (exact) mass is 345 g/mol. The molecule has 9 heteroatoms. The van der Waals surface area contributed by atoms with Gasteiger partial charge in [0.25, 0.3) is 0 Å². The molecule has 134 valence electrons. The Labute approximate surface area is 147 Å².